The van der Waals surface area contributed by atoms with Gasteiger partial charge in [0.1, 0.15) is 11.3 Å². The summed E-state index contributed by atoms with van der Waals surface area (Å²) in [7, 11) is 4.96. The lowest BCUT2D eigenvalue weighted by Crippen LogP contribution is -2.36. The van der Waals surface area contributed by atoms with Gasteiger partial charge in [0.2, 0.25) is 0 Å². The maximum atomic E-state index is 12.3. The molecule has 0 bridgehead atoms. The predicted molar refractivity (Wildman–Crippen MR) is 103 cm³/mol. The summed E-state index contributed by atoms with van der Waals surface area (Å²) in [5.74, 6) is 0.696. The van der Waals surface area contributed by atoms with Crippen LogP contribution in [0.2, 0.25) is 0 Å². The van der Waals surface area contributed by atoms with Crippen LogP contribution in [0.25, 0.3) is 10.2 Å². The Morgan fingerprint density at radius 2 is 2.15 bits per heavy atom. The molecular formula is C17H24N4O4S. The number of methoxy groups -OCH3 is 2. The first-order valence-corrected chi connectivity index (χ1v) is 9.27. The Hall–Kier alpha value is -2.10. The molecule has 1 aromatic heterocycles. The quantitative estimate of drug-likeness (QED) is 0.828. The van der Waals surface area contributed by atoms with Crippen LogP contribution in [0, 0.1) is 0 Å². The van der Waals surface area contributed by atoms with Crippen LogP contribution in [0.3, 0.4) is 0 Å². The molecule has 0 aliphatic carbocycles. The molecule has 0 unspecified atom stereocenters. The summed E-state index contributed by atoms with van der Waals surface area (Å²) in [6, 6.07) is 3.75. The molecule has 3 rings (SSSR count). The molecule has 1 N–H and O–H groups in total. The van der Waals surface area contributed by atoms with Crippen molar-refractivity contribution in [1.82, 2.24) is 9.88 Å². The Labute approximate surface area is 156 Å². The number of carbonyl (C=O) groups excluding carboxylic acids is 1. The van der Waals surface area contributed by atoms with E-state index in [-0.39, 0.29) is 6.03 Å². The Morgan fingerprint density at radius 1 is 1.38 bits per heavy atom. The molecule has 2 amide bonds. The third-order valence-corrected chi connectivity index (χ3v) is 5.24. The van der Waals surface area contributed by atoms with Gasteiger partial charge >= 0.3 is 6.03 Å². The Bertz CT molecular complexity index is 761. The van der Waals surface area contributed by atoms with Gasteiger partial charge in [-0.2, -0.15) is 0 Å². The van der Waals surface area contributed by atoms with Gasteiger partial charge < -0.3 is 24.0 Å². The molecule has 9 heteroatoms. The molecule has 0 spiro atoms. The van der Waals surface area contributed by atoms with Gasteiger partial charge in [-0.05, 0) is 12.1 Å². The molecular weight excluding hydrogens is 356 g/mol. The lowest BCUT2D eigenvalue weighted by molar-refractivity contribution is 0.123. The minimum absolute atomic E-state index is 0.215. The Morgan fingerprint density at radius 3 is 2.85 bits per heavy atom. The van der Waals surface area contributed by atoms with Crippen LogP contribution >= 0.6 is 11.3 Å². The molecule has 0 atom stereocenters. The normalized spacial score (nSPS) is 14.5. The largest absolute Gasteiger partial charge is 0.494 e. The monoisotopic (exact) mass is 380 g/mol. The number of aromatic nitrogens is 1. The molecule has 2 aromatic rings. The number of nitrogens with zero attached hydrogens (tertiary/aromatic N) is 3. The smallest absolute Gasteiger partial charge is 0.323 e. The lowest BCUT2D eigenvalue weighted by Gasteiger charge is -2.29. The number of morpholine rings is 1. The average molecular weight is 380 g/mol. The van der Waals surface area contributed by atoms with Gasteiger partial charge in [0.25, 0.3) is 0 Å². The molecule has 8 nitrogen and oxygen atoms in total. The van der Waals surface area contributed by atoms with Gasteiger partial charge in [0, 0.05) is 33.8 Å². The van der Waals surface area contributed by atoms with E-state index < -0.39 is 0 Å². The van der Waals surface area contributed by atoms with Gasteiger partial charge in [-0.25, -0.2) is 9.78 Å². The summed E-state index contributed by atoms with van der Waals surface area (Å²) in [6.07, 6.45) is 0. The number of thiazole rings is 1. The molecule has 142 valence electrons. The molecule has 1 aromatic carbocycles. The number of likely N-dealkylation sites (N-methyl/N-ethyl adjacent to an activating group) is 1. The van der Waals surface area contributed by atoms with Crippen molar-refractivity contribution in [3.05, 3.63) is 12.1 Å². The van der Waals surface area contributed by atoms with E-state index in [4.69, 9.17) is 14.2 Å². The highest BCUT2D eigenvalue weighted by atomic mass is 32.1. The number of carbonyl (C=O) groups is 1. The number of rotatable bonds is 6. The molecule has 1 saturated heterocycles. The van der Waals surface area contributed by atoms with Crippen molar-refractivity contribution in [2.24, 2.45) is 0 Å². The number of ether oxygens (including phenoxy) is 3. The van der Waals surface area contributed by atoms with Gasteiger partial charge in [-0.3, -0.25) is 5.32 Å². The van der Waals surface area contributed by atoms with Crippen molar-refractivity contribution in [2.45, 2.75) is 0 Å². The number of fused-ring (bicyclic) bond motifs is 1. The van der Waals surface area contributed by atoms with Crippen molar-refractivity contribution in [3.8, 4) is 5.75 Å². The minimum Gasteiger partial charge on any atom is -0.494 e. The molecule has 0 radical (unpaired) electrons. The summed E-state index contributed by atoms with van der Waals surface area (Å²) >= 11 is 1.45. The van der Waals surface area contributed by atoms with E-state index in [1.54, 1.807) is 26.2 Å². The number of benzene rings is 1. The van der Waals surface area contributed by atoms with Crippen LogP contribution in [-0.2, 0) is 9.47 Å². The number of hydrogen-bond donors (Lipinski definition) is 1. The highest BCUT2D eigenvalue weighted by Crippen LogP contribution is 2.39. The number of anilines is 2. The minimum atomic E-state index is -0.215. The van der Waals surface area contributed by atoms with Gasteiger partial charge in [-0.1, -0.05) is 11.3 Å². The van der Waals surface area contributed by atoms with Crippen LogP contribution in [0.4, 0.5) is 15.6 Å². The molecule has 2 heterocycles. The lowest BCUT2D eigenvalue weighted by atomic mass is 10.2. The van der Waals surface area contributed by atoms with E-state index in [0.29, 0.717) is 37.2 Å². The fourth-order valence-electron chi connectivity index (χ4n) is 2.76. The first-order valence-electron chi connectivity index (χ1n) is 8.45. The van der Waals surface area contributed by atoms with Crippen LogP contribution in [-0.4, -0.2) is 76.6 Å². The van der Waals surface area contributed by atoms with Gasteiger partial charge in [-0.15, -0.1) is 0 Å². The van der Waals surface area contributed by atoms with E-state index >= 15 is 0 Å². The SMILES string of the molecule is COCCN(C)C(=O)Nc1nc2c(OC)ccc(N3CCOCC3)c2s1. The van der Waals surface area contributed by atoms with E-state index in [0.717, 1.165) is 29.0 Å². The van der Waals surface area contributed by atoms with Gasteiger partial charge in [0.15, 0.2) is 5.13 Å². The summed E-state index contributed by atoms with van der Waals surface area (Å²) in [4.78, 5) is 20.7. The number of hydrogen-bond acceptors (Lipinski definition) is 7. The molecule has 1 aliphatic heterocycles. The van der Waals surface area contributed by atoms with Crippen molar-refractivity contribution >= 4 is 38.4 Å². The third kappa shape index (κ3) is 4.00. The fourth-order valence-corrected chi connectivity index (χ4v) is 3.77. The zero-order valence-electron chi connectivity index (χ0n) is 15.3. The maximum Gasteiger partial charge on any atom is 0.323 e. The van der Waals surface area contributed by atoms with Crippen LogP contribution in [0.1, 0.15) is 0 Å². The van der Waals surface area contributed by atoms with E-state index in [2.05, 4.69) is 15.2 Å². The van der Waals surface area contributed by atoms with E-state index in [9.17, 15) is 4.79 Å². The molecule has 26 heavy (non-hydrogen) atoms. The summed E-state index contributed by atoms with van der Waals surface area (Å²) in [6.45, 7) is 4.08. The average Bonchev–Trinajstić information content (AvgIpc) is 3.09. The first-order chi connectivity index (χ1) is 12.6. The van der Waals surface area contributed by atoms with Crippen LogP contribution in [0.15, 0.2) is 12.1 Å². The van der Waals surface area contributed by atoms with Crippen molar-refractivity contribution in [2.75, 3.05) is 70.9 Å². The zero-order valence-corrected chi connectivity index (χ0v) is 16.1. The maximum absolute atomic E-state index is 12.3. The molecule has 0 saturated carbocycles. The molecule has 1 aliphatic rings. The van der Waals surface area contributed by atoms with Gasteiger partial charge in [0.05, 0.1) is 37.3 Å². The van der Waals surface area contributed by atoms with Crippen LogP contribution < -0.4 is 15.0 Å². The second kappa shape index (κ2) is 8.52. The van der Waals surface area contributed by atoms with Crippen molar-refractivity contribution < 1.29 is 19.0 Å². The Balaban J connectivity index is 1.87. The predicted octanol–water partition coefficient (Wildman–Crippen LogP) is 2.25. The third-order valence-electron chi connectivity index (χ3n) is 4.25. The van der Waals surface area contributed by atoms with E-state index in [1.807, 2.05) is 12.1 Å². The highest BCUT2D eigenvalue weighted by molar-refractivity contribution is 7.23. The van der Waals surface area contributed by atoms with E-state index in [1.165, 1.54) is 11.3 Å². The zero-order chi connectivity index (χ0) is 18.5. The number of urea groups is 1. The summed E-state index contributed by atoms with van der Waals surface area (Å²) in [5, 5.41) is 3.41. The number of nitrogens with one attached hydrogen (secondary N) is 1. The second-order valence-corrected chi connectivity index (χ2v) is 6.93. The van der Waals surface area contributed by atoms with Crippen LogP contribution in [0.5, 0.6) is 5.75 Å². The van der Waals surface area contributed by atoms with Crippen molar-refractivity contribution in [1.29, 1.82) is 0 Å². The first kappa shape index (κ1) is 18.7. The highest BCUT2D eigenvalue weighted by Gasteiger charge is 2.20. The fraction of sp³-hybridized carbons (Fsp3) is 0.529. The van der Waals surface area contributed by atoms with Crippen molar-refractivity contribution in [3.63, 3.8) is 0 Å². The standard InChI is InChI=1S/C17H24N4O4S/c1-20(6-9-23-2)17(22)19-16-18-14-13(24-3)5-4-12(15(14)26-16)21-7-10-25-11-8-21/h4-5H,6-11H2,1-3H3,(H,18,19,22). The Kier molecular flexibility index (Phi) is 6.12. The molecule has 1 fully saturated rings. The second-order valence-electron chi connectivity index (χ2n) is 5.93. The number of amides is 2. The topological polar surface area (TPSA) is 76.2 Å². The summed E-state index contributed by atoms with van der Waals surface area (Å²) in [5.41, 5.74) is 1.85. The summed E-state index contributed by atoms with van der Waals surface area (Å²) < 4.78 is 16.9.